The van der Waals surface area contributed by atoms with Crippen LogP contribution in [0.3, 0.4) is 0 Å². The summed E-state index contributed by atoms with van der Waals surface area (Å²) in [5.41, 5.74) is 0. The summed E-state index contributed by atoms with van der Waals surface area (Å²) < 4.78 is 0. The molecule has 1 saturated heterocycles. The van der Waals surface area contributed by atoms with Crippen LogP contribution in [0.4, 0.5) is 0 Å². The molecule has 0 aromatic carbocycles. The fraction of sp³-hybridized carbons (Fsp3) is 1.00. The van der Waals surface area contributed by atoms with Crippen LogP contribution in [-0.4, -0.2) is 36.6 Å². The maximum atomic E-state index is 3.94. The van der Waals surface area contributed by atoms with E-state index in [1.807, 2.05) is 0 Å². The monoisotopic (exact) mass is 278 g/mol. The molecular weight excluding hydrogens is 244 g/mol. The van der Waals surface area contributed by atoms with E-state index in [0.717, 1.165) is 23.9 Å². The molecule has 1 N–H and O–H groups in total. The van der Waals surface area contributed by atoms with Gasteiger partial charge in [0.1, 0.15) is 0 Å². The molecule has 1 aliphatic heterocycles. The van der Waals surface area contributed by atoms with E-state index in [0.29, 0.717) is 0 Å². The molecule has 1 heterocycles. The normalized spacial score (nSPS) is 32.9. The Hall–Kier alpha value is -0.0800. The van der Waals surface area contributed by atoms with Gasteiger partial charge in [-0.3, -0.25) is 4.90 Å². The number of hydrogen-bond donors (Lipinski definition) is 1. The van der Waals surface area contributed by atoms with E-state index in [1.165, 1.54) is 83.8 Å². The molecule has 2 saturated carbocycles. The predicted molar refractivity (Wildman–Crippen MR) is 86.0 cm³/mol. The fourth-order valence-corrected chi connectivity index (χ4v) is 4.38. The Labute approximate surface area is 125 Å². The molecule has 3 rings (SSSR count). The number of rotatable bonds is 7. The van der Waals surface area contributed by atoms with Crippen LogP contribution in [-0.2, 0) is 0 Å². The van der Waals surface area contributed by atoms with Crippen LogP contribution in [0.25, 0.3) is 0 Å². The number of nitrogens with zero attached hydrogens (tertiary/aromatic N) is 1. The smallest absolute Gasteiger partial charge is 0.0198 e. The van der Waals surface area contributed by atoms with Gasteiger partial charge in [0.25, 0.3) is 0 Å². The Morgan fingerprint density at radius 3 is 2.50 bits per heavy atom. The van der Waals surface area contributed by atoms with Crippen LogP contribution in [0.15, 0.2) is 0 Å². The molecule has 0 amide bonds. The van der Waals surface area contributed by atoms with Crippen molar-refractivity contribution in [2.75, 3.05) is 19.6 Å². The molecule has 0 spiro atoms. The lowest BCUT2D eigenvalue weighted by Crippen LogP contribution is -2.50. The lowest BCUT2D eigenvalue weighted by atomic mass is 9.89. The summed E-state index contributed by atoms with van der Waals surface area (Å²) in [6.45, 7) is 6.35. The lowest BCUT2D eigenvalue weighted by Gasteiger charge is -2.39. The van der Waals surface area contributed by atoms with E-state index in [1.54, 1.807) is 0 Å². The zero-order valence-corrected chi connectivity index (χ0v) is 13.4. The van der Waals surface area contributed by atoms with E-state index in [9.17, 15) is 0 Å². The van der Waals surface area contributed by atoms with Gasteiger partial charge in [-0.15, -0.1) is 0 Å². The molecule has 2 atom stereocenters. The molecule has 3 aliphatic rings. The quantitative estimate of drug-likeness (QED) is 0.762. The third-order valence-corrected chi connectivity index (χ3v) is 5.76. The van der Waals surface area contributed by atoms with Crippen molar-refractivity contribution in [3.05, 3.63) is 0 Å². The van der Waals surface area contributed by atoms with E-state index in [2.05, 4.69) is 17.1 Å². The second-order valence-electron chi connectivity index (χ2n) is 7.68. The van der Waals surface area contributed by atoms with Crippen molar-refractivity contribution in [2.45, 2.75) is 83.2 Å². The SMILES string of the molecule is CCCCC1CC(NCC2CCCC2)CN(C2CC2)C1. The topological polar surface area (TPSA) is 15.3 Å². The first-order valence-corrected chi connectivity index (χ1v) is 9.32. The molecule has 20 heavy (non-hydrogen) atoms. The average Bonchev–Trinajstić information content (AvgIpc) is 3.20. The zero-order valence-electron chi connectivity index (χ0n) is 13.4. The van der Waals surface area contributed by atoms with Gasteiger partial charge in [-0.05, 0) is 56.9 Å². The first-order valence-electron chi connectivity index (χ1n) is 9.32. The Balaban J connectivity index is 1.46. The van der Waals surface area contributed by atoms with Crippen LogP contribution in [0, 0.1) is 11.8 Å². The van der Waals surface area contributed by atoms with E-state index < -0.39 is 0 Å². The van der Waals surface area contributed by atoms with Gasteiger partial charge in [0, 0.05) is 25.2 Å². The second kappa shape index (κ2) is 7.26. The molecule has 2 unspecified atom stereocenters. The predicted octanol–water partition coefficient (Wildman–Crippen LogP) is 3.81. The lowest BCUT2D eigenvalue weighted by molar-refractivity contribution is 0.125. The molecule has 2 heteroatoms. The third-order valence-electron chi connectivity index (χ3n) is 5.76. The van der Waals surface area contributed by atoms with Gasteiger partial charge in [-0.2, -0.15) is 0 Å². The van der Waals surface area contributed by atoms with Gasteiger partial charge in [0.05, 0.1) is 0 Å². The van der Waals surface area contributed by atoms with Crippen molar-refractivity contribution in [3.8, 4) is 0 Å². The third kappa shape index (κ3) is 4.21. The zero-order chi connectivity index (χ0) is 13.8. The van der Waals surface area contributed by atoms with Crippen LogP contribution in [0.5, 0.6) is 0 Å². The Morgan fingerprint density at radius 2 is 1.80 bits per heavy atom. The Bertz CT molecular complexity index is 281. The first kappa shape index (κ1) is 14.8. The summed E-state index contributed by atoms with van der Waals surface area (Å²) in [6, 6.07) is 1.74. The van der Waals surface area contributed by atoms with E-state index in [4.69, 9.17) is 0 Å². The number of nitrogens with one attached hydrogen (secondary N) is 1. The summed E-state index contributed by atoms with van der Waals surface area (Å²) in [5, 5.41) is 3.94. The average molecular weight is 278 g/mol. The Morgan fingerprint density at radius 1 is 1.00 bits per heavy atom. The van der Waals surface area contributed by atoms with Crippen molar-refractivity contribution in [3.63, 3.8) is 0 Å². The van der Waals surface area contributed by atoms with Crippen LogP contribution in [0.2, 0.25) is 0 Å². The largest absolute Gasteiger partial charge is 0.312 e. The number of unbranched alkanes of at least 4 members (excludes halogenated alkanes) is 1. The van der Waals surface area contributed by atoms with Crippen LogP contribution < -0.4 is 5.32 Å². The van der Waals surface area contributed by atoms with Gasteiger partial charge < -0.3 is 5.32 Å². The van der Waals surface area contributed by atoms with Crippen molar-refractivity contribution < 1.29 is 0 Å². The number of hydrogen-bond acceptors (Lipinski definition) is 2. The molecule has 3 fully saturated rings. The van der Waals surface area contributed by atoms with Gasteiger partial charge in [0.2, 0.25) is 0 Å². The van der Waals surface area contributed by atoms with Crippen molar-refractivity contribution in [1.82, 2.24) is 10.2 Å². The highest BCUT2D eigenvalue weighted by atomic mass is 15.2. The van der Waals surface area contributed by atoms with Crippen molar-refractivity contribution in [2.24, 2.45) is 11.8 Å². The molecule has 2 nitrogen and oxygen atoms in total. The minimum absolute atomic E-state index is 0.784. The minimum Gasteiger partial charge on any atom is -0.312 e. The van der Waals surface area contributed by atoms with E-state index in [-0.39, 0.29) is 0 Å². The first-order chi connectivity index (χ1) is 9.85. The summed E-state index contributed by atoms with van der Waals surface area (Å²) in [7, 11) is 0. The maximum Gasteiger partial charge on any atom is 0.0198 e. The second-order valence-corrected chi connectivity index (χ2v) is 7.68. The Kier molecular flexibility index (Phi) is 5.39. The van der Waals surface area contributed by atoms with Crippen LogP contribution in [0.1, 0.15) is 71.1 Å². The van der Waals surface area contributed by atoms with Crippen molar-refractivity contribution in [1.29, 1.82) is 0 Å². The summed E-state index contributed by atoms with van der Waals surface area (Å²) in [4.78, 5) is 2.82. The number of likely N-dealkylation sites (tertiary alicyclic amines) is 1. The van der Waals surface area contributed by atoms with Gasteiger partial charge >= 0.3 is 0 Å². The van der Waals surface area contributed by atoms with Gasteiger partial charge in [-0.1, -0.05) is 32.6 Å². The highest BCUT2D eigenvalue weighted by Crippen LogP contribution is 2.33. The summed E-state index contributed by atoms with van der Waals surface area (Å²) in [5.74, 6) is 1.95. The summed E-state index contributed by atoms with van der Waals surface area (Å²) >= 11 is 0. The van der Waals surface area contributed by atoms with Gasteiger partial charge in [0.15, 0.2) is 0 Å². The van der Waals surface area contributed by atoms with Crippen LogP contribution >= 0.6 is 0 Å². The highest BCUT2D eigenvalue weighted by molar-refractivity contribution is 4.92. The molecule has 0 radical (unpaired) electrons. The van der Waals surface area contributed by atoms with Crippen molar-refractivity contribution >= 4 is 0 Å². The minimum atomic E-state index is 0.784. The number of piperidine rings is 1. The highest BCUT2D eigenvalue weighted by Gasteiger charge is 2.35. The standard InChI is InChI=1S/C18H34N2/c1-2-3-6-16-11-17(14-20(13-16)18-9-10-18)19-12-15-7-4-5-8-15/h15-19H,2-14H2,1H3. The molecule has 0 bridgehead atoms. The molecule has 0 aromatic rings. The molecule has 116 valence electrons. The molecular formula is C18H34N2. The summed E-state index contributed by atoms with van der Waals surface area (Å²) in [6.07, 6.45) is 14.5. The molecule has 0 aromatic heterocycles. The van der Waals surface area contributed by atoms with Gasteiger partial charge in [-0.25, -0.2) is 0 Å². The fourth-order valence-electron chi connectivity index (χ4n) is 4.38. The van der Waals surface area contributed by atoms with E-state index >= 15 is 0 Å². The maximum absolute atomic E-state index is 3.94. The molecule has 2 aliphatic carbocycles.